The standard InChI is InChI=1S/C12H23NS/c1-2-12-8-4-3-5-9-13(12)10-6-7-11-14/h6-7,12,14H,2-5,8-11H2,1H3/b7-6+. The number of hydrogen-bond donors (Lipinski definition) is 1. The molecule has 0 spiro atoms. The Morgan fingerprint density at radius 3 is 2.86 bits per heavy atom. The lowest BCUT2D eigenvalue weighted by molar-refractivity contribution is 0.216. The van der Waals surface area contributed by atoms with Crippen molar-refractivity contribution in [2.75, 3.05) is 18.8 Å². The predicted octanol–water partition coefficient (Wildman–Crippen LogP) is 3.13. The van der Waals surface area contributed by atoms with Gasteiger partial charge in [0.15, 0.2) is 0 Å². The van der Waals surface area contributed by atoms with E-state index in [1.165, 1.54) is 38.6 Å². The average Bonchev–Trinajstić information content (AvgIpc) is 2.43. The minimum absolute atomic E-state index is 0.821. The van der Waals surface area contributed by atoms with Crippen LogP contribution < -0.4 is 0 Å². The summed E-state index contributed by atoms with van der Waals surface area (Å²) >= 11 is 4.18. The third-order valence-corrected chi connectivity index (χ3v) is 3.29. The summed E-state index contributed by atoms with van der Waals surface area (Å²) in [5, 5.41) is 0. The van der Waals surface area contributed by atoms with Crippen LogP contribution in [-0.4, -0.2) is 29.8 Å². The number of thiol groups is 1. The number of nitrogens with zero attached hydrogens (tertiary/aromatic N) is 1. The van der Waals surface area contributed by atoms with E-state index >= 15 is 0 Å². The summed E-state index contributed by atoms with van der Waals surface area (Å²) in [5.41, 5.74) is 0. The molecule has 1 unspecified atom stereocenters. The van der Waals surface area contributed by atoms with E-state index in [2.05, 4.69) is 36.6 Å². The summed E-state index contributed by atoms with van der Waals surface area (Å²) in [5.74, 6) is 0.866. The Balaban J connectivity index is 2.39. The van der Waals surface area contributed by atoms with Gasteiger partial charge in [-0.2, -0.15) is 12.6 Å². The van der Waals surface area contributed by atoms with Gasteiger partial charge >= 0.3 is 0 Å². The molecule has 1 atom stereocenters. The first-order valence-electron chi connectivity index (χ1n) is 5.88. The second-order valence-corrected chi connectivity index (χ2v) is 4.43. The predicted molar refractivity (Wildman–Crippen MR) is 67.1 cm³/mol. The van der Waals surface area contributed by atoms with E-state index in [9.17, 15) is 0 Å². The summed E-state index contributed by atoms with van der Waals surface area (Å²) in [6.07, 6.45) is 11.3. The third-order valence-electron chi connectivity index (χ3n) is 3.08. The minimum Gasteiger partial charge on any atom is -0.297 e. The van der Waals surface area contributed by atoms with Crippen molar-refractivity contribution in [1.29, 1.82) is 0 Å². The van der Waals surface area contributed by atoms with Gasteiger partial charge in [-0.05, 0) is 25.8 Å². The quantitative estimate of drug-likeness (QED) is 0.555. The van der Waals surface area contributed by atoms with Gasteiger partial charge in [0.1, 0.15) is 0 Å². The van der Waals surface area contributed by atoms with Gasteiger partial charge in [0.2, 0.25) is 0 Å². The van der Waals surface area contributed by atoms with Gasteiger partial charge in [-0.1, -0.05) is 31.9 Å². The SMILES string of the molecule is CCC1CCCCCN1C/C=C/CS. The van der Waals surface area contributed by atoms with Gasteiger partial charge in [-0.25, -0.2) is 0 Å². The van der Waals surface area contributed by atoms with Crippen LogP contribution in [0, 0.1) is 0 Å². The number of rotatable bonds is 4. The van der Waals surface area contributed by atoms with E-state index in [0.717, 1.165) is 18.3 Å². The lowest BCUT2D eigenvalue weighted by Crippen LogP contribution is -2.34. The fraction of sp³-hybridized carbons (Fsp3) is 0.833. The van der Waals surface area contributed by atoms with E-state index in [4.69, 9.17) is 0 Å². The van der Waals surface area contributed by atoms with Gasteiger partial charge in [-0.15, -0.1) is 0 Å². The Hall–Kier alpha value is 0.0500. The zero-order valence-corrected chi connectivity index (χ0v) is 10.2. The third kappa shape index (κ3) is 4.05. The van der Waals surface area contributed by atoms with Crippen molar-refractivity contribution in [1.82, 2.24) is 4.90 Å². The number of likely N-dealkylation sites (tertiary alicyclic amines) is 1. The van der Waals surface area contributed by atoms with E-state index in [1.54, 1.807) is 0 Å². The fourth-order valence-electron chi connectivity index (χ4n) is 2.22. The molecule has 1 aliphatic rings. The molecule has 1 heterocycles. The van der Waals surface area contributed by atoms with Crippen molar-refractivity contribution in [3.8, 4) is 0 Å². The van der Waals surface area contributed by atoms with Crippen molar-refractivity contribution in [3.63, 3.8) is 0 Å². The molecule has 0 amide bonds. The Morgan fingerprint density at radius 1 is 1.29 bits per heavy atom. The molecule has 1 fully saturated rings. The first-order valence-corrected chi connectivity index (χ1v) is 6.51. The van der Waals surface area contributed by atoms with Crippen LogP contribution in [0.4, 0.5) is 0 Å². The lowest BCUT2D eigenvalue weighted by atomic mass is 10.1. The zero-order chi connectivity index (χ0) is 10.2. The monoisotopic (exact) mass is 213 g/mol. The molecule has 0 radical (unpaired) electrons. The molecule has 2 heteroatoms. The molecule has 0 bridgehead atoms. The Bertz CT molecular complexity index is 168. The first-order chi connectivity index (χ1) is 6.88. The van der Waals surface area contributed by atoms with E-state index in [0.29, 0.717) is 0 Å². The molecule has 0 aliphatic carbocycles. The van der Waals surface area contributed by atoms with Gasteiger partial charge in [-0.3, -0.25) is 4.90 Å². The maximum Gasteiger partial charge on any atom is 0.0166 e. The number of hydrogen-bond acceptors (Lipinski definition) is 2. The molecule has 0 aromatic rings. The molecule has 0 aromatic heterocycles. The Labute approximate surface area is 94.0 Å². The highest BCUT2D eigenvalue weighted by atomic mass is 32.1. The van der Waals surface area contributed by atoms with Gasteiger partial charge in [0.05, 0.1) is 0 Å². The van der Waals surface area contributed by atoms with E-state index < -0.39 is 0 Å². The first kappa shape index (κ1) is 12.1. The highest BCUT2D eigenvalue weighted by molar-refractivity contribution is 7.80. The van der Waals surface area contributed by atoms with Crippen molar-refractivity contribution < 1.29 is 0 Å². The summed E-state index contributed by atoms with van der Waals surface area (Å²) in [4.78, 5) is 2.63. The second-order valence-electron chi connectivity index (χ2n) is 4.06. The summed E-state index contributed by atoms with van der Waals surface area (Å²) in [7, 11) is 0. The molecule has 0 aromatic carbocycles. The average molecular weight is 213 g/mol. The topological polar surface area (TPSA) is 3.24 Å². The molecule has 1 aliphatic heterocycles. The molecule has 0 N–H and O–H groups in total. The molecule has 1 nitrogen and oxygen atoms in total. The van der Waals surface area contributed by atoms with Crippen molar-refractivity contribution in [2.45, 2.75) is 45.1 Å². The van der Waals surface area contributed by atoms with Gasteiger partial charge in [0, 0.05) is 18.3 Å². The molecule has 1 rings (SSSR count). The van der Waals surface area contributed by atoms with Crippen LogP contribution in [0.25, 0.3) is 0 Å². The van der Waals surface area contributed by atoms with Gasteiger partial charge in [0.25, 0.3) is 0 Å². The maximum atomic E-state index is 4.18. The van der Waals surface area contributed by atoms with Gasteiger partial charge < -0.3 is 0 Å². The van der Waals surface area contributed by atoms with Crippen LogP contribution in [-0.2, 0) is 0 Å². The smallest absolute Gasteiger partial charge is 0.0166 e. The zero-order valence-electron chi connectivity index (χ0n) is 9.28. The van der Waals surface area contributed by atoms with E-state index in [-0.39, 0.29) is 0 Å². The van der Waals surface area contributed by atoms with Crippen LogP contribution in [0.2, 0.25) is 0 Å². The van der Waals surface area contributed by atoms with Crippen molar-refractivity contribution in [3.05, 3.63) is 12.2 Å². The normalized spacial score (nSPS) is 25.4. The highest BCUT2D eigenvalue weighted by Crippen LogP contribution is 2.18. The van der Waals surface area contributed by atoms with E-state index in [1.807, 2.05) is 0 Å². The summed E-state index contributed by atoms with van der Waals surface area (Å²) < 4.78 is 0. The van der Waals surface area contributed by atoms with Crippen molar-refractivity contribution in [2.24, 2.45) is 0 Å². The molecule has 82 valence electrons. The molecular weight excluding hydrogens is 190 g/mol. The summed E-state index contributed by atoms with van der Waals surface area (Å²) in [6.45, 7) is 4.72. The molecule has 0 saturated carbocycles. The highest BCUT2D eigenvalue weighted by Gasteiger charge is 2.17. The Kier molecular flexibility index (Phi) is 6.37. The maximum absolute atomic E-state index is 4.18. The van der Waals surface area contributed by atoms with Crippen LogP contribution in [0.15, 0.2) is 12.2 Å². The fourth-order valence-corrected chi connectivity index (χ4v) is 2.37. The Morgan fingerprint density at radius 2 is 2.14 bits per heavy atom. The summed E-state index contributed by atoms with van der Waals surface area (Å²) in [6, 6.07) is 0.821. The van der Waals surface area contributed by atoms with Crippen LogP contribution in [0.3, 0.4) is 0 Å². The lowest BCUT2D eigenvalue weighted by Gasteiger charge is -2.27. The molecule has 1 saturated heterocycles. The minimum atomic E-state index is 0.821. The van der Waals surface area contributed by atoms with Crippen LogP contribution >= 0.6 is 12.6 Å². The second kappa shape index (κ2) is 7.36. The van der Waals surface area contributed by atoms with Crippen LogP contribution in [0.1, 0.15) is 39.0 Å². The van der Waals surface area contributed by atoms with Crippen molar-refractivity contribution >= 4 is 12.6 Å². The molecular formula is C12H23NS. The molecule has 14 heavy (non-hydrogen) atoms. The largest absolute Gasteiger partial charge is 0.297 e. The van der Waals surface area contributed by atoms with Crippen LogP contribution in [0.5, 0.6) is 0 Å².